The lowest BCUT2D eigenvalue weighted by molar-refractivity contribution is -0.137. The summed E-state index contributed by atoms with van der Waals surface area (Å²) in [4.78, 5) is 24.1. The summed E-state index contributed by atoms with van der Waals surface area (Å²) in [5.41, 5.74) is 1.07. The molecule has 0 bridgehead atoms. The van der Waals surface area contributed by atoms with Crippen molar-refractivity contribution in [3.05, 3.63) is 18.0 Å². The number of carbonyl (C=O) groups excluding carboxylic acids is 1. The van der Waals surface area contributed by atoms with Gasteiger partial charge in [0.25, 0.3) is 0 Å². The van der Waals surface area contributed by atoms with Gasteiger partial charge in [-0.3, -0.25) is 9.48 Å². The maximum Gasteiger partial charge on any atom is 0.323 e. The Morgan fingerprint density at radius 1 is 1.55 bits per heavy atom. The zero-order chi connectivity index (χ0) is 14.5. The van der Waals surface area contributed by atoms with E-state index in [0.717, 1.165) is 18.4 Å². The predicted molar refractivity (Wildman–Crippen MR) is 72.3 cm³/mol. The van der Waals surface area contributed by atoms with Crippen LogP contribution in [-0.4, -0.2) is 51.4 Å². The molecule has 7 nitrogen and oxygen atoms in total. The van der Waals surface area contributed by atoms with Crippen molar-refractivity contribution in [1.82, 2.24) is 20.0 Å². The minimum atomic E-state index is -0.983. The summed E-state index contributed by atoms with van der Waals surface area (Å²) < 4.78 is 1.75. The van der Waals surface area contributed by atoms with Crippen molar-refractivity contribution in [2.75, 3.05) is 19.6 Å². The van der Waals surface area contributed by atoms with E-state index in [-0.39, 0.29) is 12.6 Å². The van der Waals surface area contributed by atoms with E-state index < -0.39 is 5.97 Å². The average molecular weight is 280 g/mol. The van der Waals surface area contributed by atoms with E-state index in [2.05, 4.69) is 10.4 Å². The molecular weight excluding hydrogens is 260 g/mol. The van der Waals surface area contributed by atoms with Gasteiger partial charge < -0.3 is 15.3 Å². The molecule has 0 spiro atoms. The molecular formula is C13H20N4O3. The fourth-order valence-corrected chi connectivity index (χ4v) is 1.97. The summed E-state index contributed by atoms with van der Waals surface area (Å²) in [6.07, 6.45) is 5.81. The number of carboxylic acid groups (broad SMARTS) is 1. The van der Waals surface area contributed by atoms with Gasteiger partial charge >= 0.3 is 12.0 Å². The maximum absolute atomic E-state index is 12.0. The van der Waals surface area contributed by atoms with Gasteiger partial charge in [0.05, 0.1) is 12.7 Å². The van der Waals surface area contributed by atoms with Crippen LogP contribution in [0.5, 0.6) is 0 Å². The number of aryl methyl sites for hydroxylation is 1. The number of urea groups is 1. The zero-order valence-corrected chi connectivity index (χ0v) is 11.6. The van der Waals surface area contributed by atoms with E-state index in [1.54, 1.807) is 10.9 Å². The molecule has 0 aromatic carbocycles. The number of carboxylic acids is 1. The van der Waals surface area contributed by atoms with Crippen molar-refractivity contribution in [1.29, 1.82) is 0 Å². The molecule has 7 heteroatoms. The zero-order valence-electron chi connectivity index (χ0n) is 11.6. The predicted octanol–water partition coefficient (Wildman–Crippen LogP) is 0.698. The minimum absolute atomic E-state index is 0.247. The van der Waals surface area contributed by atoms with Gasteiger partial charge in [0.2, 0.25) is 0 Å². The van der Waals surface area contributed by atoms with Crippen molar-refractivity contribution in [3.8, 4) is 0 Å². The van der Waals surface area contributed by atoms with E-state index in [0.29, 0.717) is 25.6 Å². The first-order chi connectivity index (χ1) is 9.54. The van der Waals surface area contributed by atoms with Crippen molar-refractivity contribution < 1.29 is 14.7 Å². The Labute approximate surface area is 117 Å². The van der Waals surface area contributed by atoms with Crippen molar-refractivity contribution in [2.24, 2.45) is 5.92 Å². The van der Waals surface area contributed by atoms with Crippen LogP contribution in [0.3, 0.4) is 0 Å². The lowest BCUT2D eigenvalue weighted by Gasteiger charge is -2.21. The third-order valence-electron chi connectivity index (χ3n) is 3.17. The Balaban J connectivity index is 1.76. The van der Waals surface area contributed by atoms with Gasteiger partial charge in [0.15, 0.2) is 0 Å². The van der Waals surface area contributed by atoms with Crippen LogP contribution < -0.4 is 5.32 Å². The largest absolute Gasteiger partial charge is 0.480 e. The summed E-state index contributed by atoms with van der Waals surface area (Å²) >= 11 is 0. The van der Waals surface area contributed by atoms with Gasteiger partial charge in [-0.1, -0.05) is 0 Å². The summed E-state index contributed by atoms with van der Waals surface area (Å²) in [6, 6.07) is -0.317. The molecule has 20 heavy (non-hydrogen) atoms. The second-order valence-electron chi connectivity index (χ2n) is 5.23. The van der Waals surface area contributed by atoms with Crippen LogP contribution in [0.4, 0.5) is 4.79 Å². The molecule has 1 saturated carbocycles. The number of aromatic nitrogens is 2. The van der Waals surface area contributed by atoms with Gasteiger partial charge in [-0.15, -0.1) is 0 Å². The summed E-state index contributed by atoms with van der Waals surface area (Å²) in [7, 11) is 0. The molecule has 2 N–H and O–H groups in total. The quantitative estimate of drug-likeness (QED) is 0.769. The maximum atomic E-state index is 12.0. The van der Waals surface area contributed by atoms with Gasteiger partial charge in [-0.25, -0.2) is 4.79 Å². The highest BCUT2D eigenvalue weighted by Crippen LogP contribution is 2.29. The molecule has 0 radical (unpaired) electrons. The van der Waals surface area contributed by atoms with E-state index in [4.69, 9.17) is 5.11 Å². The van der Waals surface area contributed by atoms with Crippen LogP contribution in [0.25, 0.3) is 0 Å². The lowest BCUT2D eigenvalue weighted by Crippen LogP contribution is -2.44. The second-order valence-corrected chi connectivity index (χ2v) is 5.23. The fraction of sp³-hybridized carbons (Fsp3) is 0.615. The number of carbonyl (C=O) groups is 2. The van der Waals surface area contributed by atoms with Crippen molar-refractivity contribution in [3.63, 3.8) is 0 Å². The number of aliphatic carboxylic acids is 1. The molecule has 1 heterocycles. The van der Waals surface area contributed by atoms with E-state index in [1.165, 1.54) is 4.90 Å². The molecule has 0 atom stereocenters. The molecule has 110 valence electrons. The van der Waals surface area contributed by atoms with E-state index in [9.17, 15) is 9.59 Å². The van der Waals surface area contributed by atoms with E-state index in [1.807, 2.05) is 13.1 Å². The molecule has 1 aliphatic carbocycles. The van der Waals surface area contributed by atoms with Crippen LogP contribution in [0, 0.1) is 12.8 Å². The van der Waals surface area contributed by atoms with Crippen LogP contribution >= 0.6 is 0 Å². The molecule has 1 aromatic heterocycles. The summed E-state index contributed by atoms with van der Waals surface area (Å²) in [6.45, 7) is 3.24. The van der Waals surface area contributed by atoms with Gasteiger partial charge in [0, 0.05) is 19.3 Å². The first-order valence-corrected chi connectivity index (χ1v) is 6.78. The Kier molecular flexibility index (Phi) is 4.60. The number of nitrogens with zero attached hydrogens (tertiary/aromatic N) is 3. The van der Waals surface area contributed by atoms with Gasteiger partial charge in [-0.2, -0.15) is 5.10 Å². The number of nitrogens with one attached hydrogen (secondary N) is 1. The van der Waals surface area contributed by atoms with E-state index >= 15 is 0 Å². The number of amides is 2. The van der Waals surface area contributed by atoms with Crippen LogP contribution in [0.1, 0.15) is 18.4 Å². The molecule has 0 saturated heterocycles. The third kappa shape index (κ3) is 4.56. The summed E-state index contributed by atoms with van der Waals surface area (Å²) in [5.74, 6) is -0.516. The number of hydrogen-bond donors (Lipinski definition) is 2. The first-order valence-electron chi connectivity index (χ1n) is 6.78. The monoisotopic (exact) mass is 280 g/mol. The SMILES string of the molecule is Cc1cnn(CCNC(=O)N(CC(=O)O)CC2CC2)c1. The number of hydrogen-bond acceptors (Lipinski definition) is 3. The smallest absolute Gasteiger partial charge is 0.323 e. The molecule has 1 aromatic rings. The normalized spacial score (nSPS) is 14.1. The Morgan fingerprint density at radius 2 is 2.30 bits per heavy atom. The molecule has 0 aliphatic heterocycles. The van der Waals surface area contributed by atoms with Crippen LogP contribution in [0.2, 0.25) is 0 Å². The molecule has 1 aliphatic rings. The lowest BCUT2D eigenvalue weighted by atomic mass is 10.3. The third-order valence-corrected chi connectivity index (χ3v) is 3.17. The molecule has 2 rings (SSSR count). The Hall–Kier alpha value is -2.05. The van der Waals surface area contributed by atoms with Crippen LogP contribution in [0.15, 0.2) is 12.4 Å². The van der Waals surface area contributed by atoms with Crippen molar-refractivity contribution in [2.45, 2.75) is 26.3 Å². The topological polar surface area (TPSA) is 87.5 Å². The Morgan fingerprint density at radius 3 is 2.85 bits per heavy atom. The highest BCUT2D eigenvalue weighted by atomic mass is 16.4. The second kappa shape index (κ2) is 6.40. The fourth-order valence-electron chi connectivity index (χ4n) is 1.97. The standard InChI is InChI=1S/C13H20N4O3/c1-10-6-15-17(7-10)5-4-14-13(20)16(9-12(18)19)8-11-2-3-11/h6-7,11H,2-5,8-9H2,1H3,(H,14,20)(H,18,19). The number of rotatable bonds is 7. The van der Waals surface area contributed by atoms with Crippen molar-refractivity contribution >= 4 is 12.0 Å². The minimum Gasteiger partial charge on any atom is -0.480 e. The Bertz CT molecular complexity index is 482. The molecule has 0 unspecified atom stereocenters. The highest BCUT2D eigenvalue weighted by Gasteiger charge is 2.27. The van der Waals surface area contributed by atoms with Gasteiger partial charge in [-0.05, 0) is 31.2 Å². The van der Waals surface area contributed by atoms with Crippen LogP contribution in [-0.2, 0) is 11.3 Å². The van der Waals surface area contributed by atoms with Gasteiger partial charge in [0.1, 0.15) is 6.54 Å². The first kappa shape index (κ1) is 14.4. The highest BCUT2D eigenvalue weighted by molar-refractivity contribution is 5.80. The molecule has 1 fully saturated rings. The molecule has 2 amide bonds. The summed E-state index contributed by atoms with van der Waals surface area (Å²) in [5, 5.41) is 15.7. The average Bonchev–Trinajstić information content (AvgIpc) is 3.09.